The summed E-state index contributed by atoms with van der Waals surface area (Å²) < 4.78 is 28.1. The van der Waals surface area contributed by atoms with Gasteiger partial charge in [0.15, 0.2) is 5.13 Å². The van der Waals surface area contributed by atoms with E-state index >= 15 is 0 Å². The first-order valence-electron chi connectivity index (χ1n) is 10.6. The molecular formula is C24H20ClN3O3S3. The third-order valence-electron chi connectivity index (χ3n) is 5.56. The van der Waals surface area contributed by atoms with E-state index in [2.05, 4.69) is 5.32 Å². The molecule has 1 amide bonds. The number of anilines is 1. The van der Waals surface area contributed by atoms with Crippen molar-refractivity contribution in [3.8, 4) is 21.7 Å². The molecule has 0 bridgehead atoms. The van der Waals surface area contributed by atoms with Crippen LogP contribution in [0.5, 0.6) is 0 Å². The highest BCUT2D eigenvalue weighted by Crippen LogP contribution is 2.39. The van der Waals surface area contributed by atoms with Gasteiger partial charge in [-0.1, -0.05) is 83.6 Å². The Labute approximate surface area is 210 Å². The molecule has 1 fully saturated rings. The highest BCUT2D eigenvalue weighted by atomic mass is 35.5. The minimum absolute atomic E-state index is 0.143. The molecule has 0 radical (unpaired) electrons. The van der Waals surface area contributed by atoms with Gasteiger partial charge in [0.25, 0.3) is 10.0 Å². The largest absolute Gasteiger partial charge is 0.301 e. The highest BCUT2D eigenvalue weighted by Gasteiger charge is 2.40. The second-order valence-electron chi connectivity index (χ2n) is 7.75. The molecule has 5 rings (SSSR count). The summed E-state index contributed by atoms with van der Waals surface area (Å²) in [6.45, 7) is 0.290. The van der Waals surface area contributed by atoms with Gasteiger partial charge in [0, 0.05) is 12.1 Å². The maximum Gasteiger partial charge on any atom is 0.253 e. The zero-order valence-electron chi connectivity index (χ0n) is 17.8. The van der Waals surface area contributed by atoms with E-state index in [1.807, 2.05) is 60.7 Å². The summed E-state index contributed by atoms with van der Waals surface area (Å²) in [5.41, 5.74) is 2.72. The molecule has 4 aromatic rings. The molecule has 6 nitrogen and oxygen atoms in total. The topological polar surface area (TPSA) is 79.4 Å². The van der Waals surface area contributed by atoms with Crippen molar-refractivity contribution in [1.29, 1.82) is 0 Å². The number of carbonyl (C=O) groups is 1. The number of thiazole rings is 1. The minimum atomic E-state index is -3.80. The van der Waals surface area contributed by atoms with Crippen molar-refractivity contribution in [2.45, 2.75) is 23.1 Å². The maximum atomic E-state index is 13.2. The molecule has 0 aliphatic carbocycles. The van der Waals surface area contributed by atoms with Gasteiger partial charge in [-0.15, -0.1) is 11.3 Å². The standard InChI is InChI=1S/C24H20ClN3O3S3/c25-19-13-14-20(32-19)34(30,31)28-15-7-12-18(28)23(29)27-24-26-21(16-8-3-1-4-9-16)22(33-24)17-10-5-2-6-11-17/h1-6,8-11,13-14,18H,7,12,15H2,(H,26,27,29). The van der Waals surface area contributed by atoms with Crippen LogP contribution in [0.2, 0.25) is 4.34 Å². The summed E-state index contributed by atoms with van der Waals surface area (Å²) in [6, 6.07) is 21.9. The third-order valence-corrected chi connectivity index (χ3v) is 10.2. The van der Waals surface area contributed by atoms with Gasteiger partial charge in [-0.25, -0.2) is 13.4 Å². The molecule has 1 saturated heterocycles. The zero-order chi connectivity index (χ0) is 23.7. The number of sulfonamides is 1. The number of nitrogens with one attached hydrogen (secondary N) is 1. The van der Waals surface area contributed by atoms with Crippen LogP contribution < -0.4 is 5.32 Å². The van der Waals surface area contributed by atoms with E-state index in [1.54, 1.807) is 6.07 Å². The Kier molecular flexibility index (Phi) is 6.54. The Bertz CT molecular complexity index is 1360. The molecule has 1 unspecified atom stereocenters. The fourth-order valence-corrected chi connectivity index (χ4v) is 8.25. The second-order valence-corrected chi connectivity index (χ2v) is 12.6. The quantitative estimate of drug-likeness (QED) is 0.333. The Hall–Kier alpha value is -2.56. The van der Waals surface area contributed by atoms with Crippen LogP contribution >= 0.6 is 34.3 Å². The van der Waals surface area contributed by atoms with Crippen molar-refractivity contribution in [3.05, 3.63) is 77.1 Å². The molecule has 2 aromatic heterocycles. The smallest absolute Gasteiger partial charge is 0.253 e. The number of amides is 1. The fourth-order valence-electron chi connectivity index (χ4n) is 3.98. The van der Waals surface area contributed by atoms with Gasteiger partial charge < -0.3 is 5.32 Å². The molecule has 0 spiro atoms. The predicted molar refractivity (Wildman–Crippen MR) is 138 cm³/mol. The SMILES string of the molecule is O=C(Nc1nc(-c2ccccc2)c(-c2ccccc2)s1)C1CCCN1S(=O)(=O)c1ccc(Cl)s1. The molecule has 2 aromatic carbocycles. The zero-order valence-corrected chi connectivity index (χ0v) is 21.1. The molecule has 34 heavy (non-hydrogen) atoms. The van der Waals surface area contributed by atoms with Crippen LogP contribution in [0.15, 0.2) is 77.0 Å². The second kappa shape index (κ2) is 9.59. The molecular weight excluding hydrogens is 510 g/mol. The normalized spacial score (nSPS) is 16.6. The molecule has 1 N–H and O–H groups in total. The lowest BCUT2D eigenvalue weighted by Crippen LogP contribution is -2.42. The average Bonchev–Trinajstić information content (AvgIpc) is 3.60. The van der Waals surface area contributed by atoms with E-state index in [-0.39, 0.29) is 10.1 Å². The number of carbonyl (C=O) groups excluding carboxylic acids is 1. The fraction of sp³-hybridized carbons (Fsp3) is 0.167. The molecule has 10 heteroatoms. The first kappa shape index (κ1) is 23.2. The van der Waals surface area contributed by atoms with E-state index in [4.69, 9.17) is 16.6 Å². The highest BCUT2D eigenvalue weighted by molar-refractivity contribution is 7.91. The van der Waals surface area contributed by atoms with Crippen LogP contribution in [0.3, 0.4) is 0 Å². The van der Waals surface area contributed by atoms with Gasteiger partial charge >= 0.3 is 0 Å². The van der Waals surface area contributed by atoms with Crippen molar-refractivity contribution in [2.24, 2.45) is 0 Å². The van der Waals surface area contributed by atoms with E-state index in [0.717, 1.165) is 33.0 Å². The van der Waals surface area contributed by atoms with Crippen LogP contribution in [0.25, 0.3) is 21.7 Å². The summed E-state index contributed by atoms with van der Waals surface area (Å²) in [5.74, 6) is -0.378. The number of hydrogen-bond donors (Lipinski definition) is 1. The van der Waals surface area contributed by atoms with Crippen molar-refractivity contribution in [3.63, 3.8) is 0 Å². The van der Waals surface area contributed by atoms with Crippen LogP contribution in [-0.4, -0.2) is 36.2 Å². The molecule has 1 atom stereocenters. The summed E-state index contributed by atoms with van der Waals surface area (Å²) in [6.07, 6.45) is 1.06. The molecule has 0 saturated carbocycles. The number of nitrogens with zero attached hydrogens (tertiary/aromatic N) is 2. The number of hydrogen-bond acceptors (Lipinski definition) is 6. The van der Waals surface area contributed by atoms with Gasteiger partial charge in [0.1, 0.15) is 10.3 Å². The van der Waals surface area contributed by atoms with Crippen molar-refractivity contribution in [2.75, 3.05) is 11.9 Å². The Balaban J connectivity index is 1.44. The van der Waals surface area contributed by atoms with Crippen LogP contribution in [0, 0.1) is 0 Å². The lowest BCUT2D eigenvalue weighted by molar-refractivity contribution is -0.119. The number of thiophene rings is 1. The van der Waals surface area contributed by atoms with E-state index in [9.17, 15) is 13.2 Å². The van der Waals surface area contributed by atoms with Gasteiger partial charge in [0.05, 0.1) is 14.9 Å². The molecule has 174 valence electrons. The summed E-state index contributed by atoms with van der Waals surface area (Å²) in [7, 11) is -3.80. The van der Waals surface area contributed by atoms with Crippen LogP contribution in [0.4, 0.5) is 5.13 Å². The number of benzene rings is 2. The van der Waals surface area contributed by atoms with Crippen LogP contribution in [-0.2, 0) is 14.8 Å². The minimum Gasteiger partial charge on any atom is -0.301 e. The Morgan fingerprint density at radius 1 is 0.971 bits per heavy atom. The van der Waals surface area contributed by atoms with Crippen LogP contribution in [0.1, 0.15) is 12.8 Å². The number of halogens is 1. The van der Waals surface area contributed by atoms with Gasteiger partial charge in [-0.2, -0.15) is 4.31 Å². The third kappa shape index (κ3) is 4.54. The van der Waals surface area contributed by atoms with Gasteiger partial charge in [-0.3, -0.25) is 4.79 Å². The monoisotopic (exact) mass is 529 g/mol. The van der Waals surface area contributed by atoms with Gasteiger partial charge in [-0.05, 0) is 30.5 Å². The Morgan fingerprint density at radius 2 is 1.65 bits per heavy atom. The van der Waals surface area contributed by atoms with Crippen molar-refractivity contribution in [1.82, 2.24) is 9.29 Å². The number of aromatic nitrogens is 1. The van der Waals surface area contributed by atoms with Crippen molar-refractivity contribution < 1.29 is 13.2 Å². The average molecular weight is 530 g/mol. The van der Waals surface area contributed by atoms with E-state index < -0.39 is 16.1 Å². The maximum absolute atomic E-state index is 13.2. The lowest BCUT2D eigenvalue weighted by atomic mass is 10.1. The number of rotatable bonds is 6. The first-order chi connectivity index (χ1) is 16.4. The summed E-state index contributed by atoms with van der Waals surface area (Å²) in [5, 5.41) is 3.32. The molecule has 1 aliphatic rings. The van der Waals surface area contributed by atoms with Gasteiger partial charge in [0.2, 0.25) is 5.91 Å². The van der Waals surface area contributed by atoms with E-state index in [0.29, 0.717) is 28.9 Å². The summed E-state index contributed by atoms with van der Waals surface area (Å²) in [4.78, 5) is 18.9. The summed E-state index contributed by atoms with van der Waals surface area (Å²) >= 11 is 8.32. The first-order valence-corrected chi connectivity index (χ1v) is 14.1. The van der Waals surface area contributed by atoms with E-state index in [1.165, 1.54) is 21.7 Å². The molecule has 3 heterocycles. The predicted octanol–water partition coefficient (Wildman–Crippen LogP) is 5.98. The Morgan fingerprint density at radius 3 is 2.29 bits per heavy atom. The molecule has 1 aliphatic heterocycles. The lowest BCUT2D eigenvalue weighted by Gasteiger charge is -2.22. The van der Waals surface area contributed by atoms with Crippen molar-refractivity contribution >= 4 is 55.3 Å².